The molecule has 0 fully saturated rings. The van der Waals surface area contributed by atoms with Gasteiger partial charge in [0.1, 0.15) is 23.6 Å². The Bertz CT molecular complexity index is 1520. The second-order valence-corrected chi connectivity index (χ2v) is 8.35. The lowest BCUT2D eigenvalue weighted by molar-refractivity contribution is 0.0690. The summed E-state index contributed by atoms with van der Waals surface area (Å²) < 4.78 is 20.1. The van der Waals surface area contributed by atoms with E-state index in [1.807, 2.05) is 44.2 Å². The summed E-state index contributed by atoms with van der Waals surface area (Å²) >= 11 is 0. The zero-order chi connectivity index (χ0) is 26.7. The van der Waals surface area contributed by atoms with Gasteiger partial charge < -0.3 is 20.9 Å². The molecule has 1 heterocycles. The SMILES string of the molecule is COc1cc(-c2cccc(-c3cccc(NC(=O)c4cc(C(=O)O)ncn4)c3C)c2C)cc(F)c1CN. The van der Waals surface area contributed by atoms with E-state index < -0.39 is 17.7 Å². The molecule has 188 valence electrons. The van der Waals surface area contributed by atoms with E-state index in [0.29, 0.717) is 22.6 Å². The molecule has 9 heteroatoms. The number of rotatable bonds is 7. The van der Waals surface area contributed by atoms with Crippen LogP contribution in [0.25, 0.3) is 22.3 Å². The number of hydrogen-bond acceptors (Lipinski definition) is 6. The highest BCUT2D eigenvalue weighted by molar-refractivity contribution is 6.04. The van der Waals surface area contributed by atoms with Gasteiger partial charge >= 0.3 is 5.97 Å². The molecular weight excluding hydrogens is 475 g/mol. The maximum Gasteiger partial charge on any atom is 0.354 e. The van der Waals surface area contributed by atoms with Gasteiger partial charge in [-0.3, -0.25) is 4.79 Å². The number of methoxy groups -OCH3 is 1. The average molecular weight is 501 g/mol. The van der Waals surface area contributed by atoms with Crippen LogP contribution in [-0.4, -0.2) is 34.1 Å². The van der Waals surface area contributed by atoms with Gasteiger partial charge in [0.05, 0.1) is 7.11 Å². The molecule has 0 saturated heterocycles. The van der Waals surface area contributed by atoms with Gasteiger partial charge in [0.2, 0.25) is 0 Å². The maximum absolute atomic E-state index is 14.7. The smallest absolute Gasteiger partial charge is 0.354 e. The Hall–Kier alpha value is -4.63. The fourth-order valence-corrected chi connectivity index (χ4v) is 4.23. The lowest BCUT2D eigenvalue weighted by Crippen LogP contribution is -2.16. The number of amides is 1. The number of nitrogens with two attached hydrogens (primary N) is 1. The van der Waals surface area contributed by atoms with Gasteiger partial charge in [0.25, 0.3) is 5.91 Å². The largest absolute Gasteiger partial charge is 0.496 e. The molecule has 0 aliphatic carbocycles. The number of anilines is 1. The molecule has 1 amide bonds. The van der Waals surface area contributed by atoms with Crippen molar-refractivity contribution in [2.24, 2.45) is 5.73 Å². The molecule has 0 unspecified atom stereocenters. The number of aromatic carboxylic acids is 1. The highest BCUT2D eigenvalue weighted by atomic mass is 19.1. The van der Waals surface area contributed by atoms with E-state index in [-0.39, 0.29) is 17.9 Å². The standard InChI is InChI=1S/C28H25FN4O4/c1-15-18(17-10-22(29)21(13-30)26(11-17)37-3)6-4-7-19(15)20-8-5-9-23(16(20)2)33-27(34)24-12-25(28(35)36)32-14-31-24/h4-12,14H,13,30H2,1-3H3,(H,33,34)(H,35,36). The zero-order valence-electron chi connectivity index (χ0n) is 20.5. The summed E-state index contributed by atoms with van der Waals surface area (Å²) in [5, 5.41) is 11.9. The van der Waals surface area contributed by atoms with Gasteiger partial charge in [-0.2, -0.15) is 0 Å². The first-order valence-electron chi connectivity index (χ1n) is 11.4. The monoisotopic (exact) mass is 500 g/mol. The van der Waals surface area contributed by atoms with Crippen LogP contribution in [0.2, 0.25) is 0 Å². The molecule has 0 bridgehead atoms. The molecule has 0 atom stereocenters. The molecular formula is C28H25FN4O4. The molecule has 1 aromatic heterocycles. The molecule has 8 nitrogen and oxygen atoms in total. The van der Waals surface area contributed by atoms with Gasteiger partial charge in [0.15, 0.2) is 5.69 Å². The van der Waals surface area contributed by atoms with E-state index in [2.05, 4.69) is 15.3 Å². The van der Waals surface area contributed by atoms with E-state index in [1.165, 1.54) is 13.2 Å². The summed E-state index contributed by atoms with van der Waals surface area (Å²) in [6.45, 7) is 3.85. The van der Waals surface area contributed by atoms with Gasteiger partial charge in [-0.05, 0) is 65.4 Å². The summed E-state index contributed by atoms with van der Waals surface area (Å²) in [7, 11) is 1.48. The van der Waals surface area contributed by atoms with Crippen molar-refractivity contribution >= 4 is 17.6 Å². The quantitative estimate of drug-likeness (QED) is 0.326. The number of hydrogen-bond donors (Lipinski definition) is 3. The number of aromatic nitrogens is 2. The van der Waals surface area contributed by atoms with Crippen LogP contribution in [0.3, 0.4) is 0 Å². The van der Waals surface area contributed by atoms with E-state index in [9.17, 15) is 14.0 Å². The number of carboxylic acids is 1. The fourth-order valence-electron chi connectivity index (χ4n) is 4.23. The Balaban J connectivity index is 1.72. The highest BCUT2D eigenvalue weighted by Crippen LogP contribution is 2.37. The Morgan fingerprint density at radius 3 is 2.30 bits per heavy atom. The third kappa shape index (κ3) is 5.03. The summed E-state index contributed by atoms with van der Waals surface area (Å²) in [4.78, 5) is 31.5. The minimum atomic E-state index is -1.25. The molecule has 0 radical (unpaired) electrons. The zero-order valence-corrected chi connectivity index (χ0v) is 20.5. The number of benzene rings is 3. The number of nitrogens with one attached hydrogen (secondary N) is 1. The number of halogens is 1. The Labute approximate surface area is 213 Å². The van der Waals surface area contributed by atoms with Crippen LogP contribution in [0.4, 0.5) is 10.1 Å². The average Bonchev–Trinajstić information content (AvgIpc) is 2.89. The maximum atomic E-state index is 14.7. The summed E-state index contributed by atoms with van der Waals surface area (Å²) in [6.07, 6.45) is 1.04. The number of carbonyl (C=O) groups excluding carboxylic acids is 1. The molecule has 0 saturated carbocycles. The van der Waals surface area contributed by atoms with Gasteiger partial charge in [-0.1, -0.05) is 30.3 Å². The molecule has 3 aromatic carbocycles. The van der Waals surface area contributed by atoms with E-state index >= 15 is 0 Å². The van der Waals surface area contributed by atoms with Crippen LogP contribution in [-0.2, 0) is 6.54 Å². The summed E-state index contributed by atoms with van der Waals surface area (Å²) in [5.74, 6) is -1.85. The van der Waals surface area contributed by atoms with Crippen LogP contribution in [0.1, 0.15) is 37.7 Å². The van der Waals surface area contributed by atoms with Crippen molar-refractivity contribution in [1.82, 2.24) is 9.97 Å². The fraction of sp³-hybridized carbons (Fsp3) is 0.143. The van der Waals surface area contributed by atoms with Gasteiger partial charge in [-0.25, -0.2) is 19.2 Å². The second-order valence-electron chi connectivity index (χ2n) is 8.35. The van der Waals surface area contributed by atoms with Gasteiger partial charge in [-0.15, -0.1) is 0 Å². The third-order valence-electron chi connectivity index (χ3n) is 6.21. The third-order valence-corrected chi connectivity index (χ3v) is 6.21. The summed E-state index contributed by atoms with van der Waals surface area (Å²) in [6, 6.07) is 15.6. The first-order chi connectivity index (χ1) is 17.7. The Morgan fingerprint density at radius 2 is 1.62 bits per heavy atom. The lowest BCUT2D eigenvalue weighted by atomic mass is 9.90. The molecule has 37 heavy (non-hydrogen) atoms. The Kier molecular flexibility index (Phi) is 7.26. The highest BCUT2D eigenvalue weighted by Gasteiger charge is 2.17. The topological polar surface area (TPSA) is 127 Å². The van der Waals surface area contributed by atoms with Crippen LogP contribution in [0, 0.1) is 19.7 Å². The number of nitrogens with zero attached hydrogens (tertiary/aromatic N) is 2. The van der Waals surface area contributed by atoms with Crippen LogP contribution in [0.5, 0.6) is 5.75 Å². The molecule has 0 aliphatic heterocycles. The van der Waals surface area contributed by atoms with E-state index in [1.54, 1.807) is 12.1 Å². The van der Waals surface area contributed by atoms with Crippen LogP contribution >= 0.6 is 0 Å². The van der Waals surface area contributed by atoms with Crippen molar-refractivity contribution in [3.8, 4) is 28.0 Å². The first kappa shape index (κ1) is 25.5. The number of carboxylic acid groups (broad SMARTS) is 1. The predicted octanol–water partition coefficient (Wildman–Crippen LogP) is 4.98. The lowest BCUT2D eigenvalue weighted by Gasteiger charge is -2.17. The van der Waals surface area contributed by atoms with Crippen LogP contribution < -0.4 is 15.8 Å². The summed E-state index contributed by atoms with van der Waals surface area (Å²) in [5.41, 5.74) is 11.2. The van der Waals surface area contributed by atoms with Crippen molar-refractivity contribution in [3.63, 3.8) is 0 Å². The molecule has 4 N–H and O–H groups in total. The van der Waals surface area contributed by atoms with Crippen molar-refractivity contribution in [3.05, 3.63) is 94.8 Å². The predicted molar refractivity (Wildman–Crippen MR) is 138 cm³/mol. The molecule has 4 aromatic rings. The molecule has 0 spiro atoms. The minimum Gasteiger partial charge on any atom is -0.496 e. The Morgan fingerprint density at radius 1 is 0.973 bits per heavy atom. The molecule has 4 rings (SSSR count). The minimum absolute atomic E-state index is 0.0264. The number of carbonyl (C=O) groups is 2. The first-order valence-corrected chi connectivity index (χ1v) is 11.4. The van der Waals surface area contributed by atoms with Crippen molar-refractivity contribution in [2.45, 2.75) is 20.4 Å². The van der Waals surface area contributed by atoms with E-state index in [4.69, 9.17) is 15.6 Å². The second kappa shape index (κ2) is 10.5. The van der Waals surface area contributed by atoms with Crippen molar-refractivity contribution < 1.29 is 23.8 Å². The van der Waals surface area contributed by atoms with Crippen molar-refractivity contribution in [1.29, 1.82) is 0 Å². The normalized spacial score (nSPS) is 10.7. The molecule has 0 aliphatic rings. The number of ether oxygens (including phenoxy) is 1. The van der Waals surface area contributed by atoms with E-state index in [0.717, 1.165) is 40.2 Å². The van der Waals surface area contributed by atoms with Gasteiger partial charge in [0, 0.05) is 23.9 Å². The van der Waals surface area contributed by atoms with Crippen LogP contribution in [0.15, 0.2) is 60.9 Å². The van der Waals surface area contributed by atoms with Crippen molar-refractivity contribution in [2.75, 3.05) is 12.4 Å².